The quantitative estimate of drug-likeness (QED) is 0.286. The Morgan fingerprint density at radius 3 is 2.50 bits per heavy atom. The summed E-state index contributed by atoms with van der Waals surface area (Å²) >= 11 is 12.5. The highest BCUT2D eigenvalue weighted by atomic mass is 35.5. The van der Waals surface area contributed by atoms with E-state index >= 15 is 0 Å². The lowest BCUT2D eigenvalue weighted by atomic mass is 9.83. The topological polar surface area (TPSA) is 84.4 Å². The molecule has 1 N–H and O–H groups in total. The highest BCUT2D eigenvalue weighted by Gasteiger charge is 2.39. The van der Waals surface area contributed by atoms with E-state index in [2.05, 4.69) is 27.9 Å². The molecule has 2 aromatic heterocycles. The summed E-state index contributed by atoms with van der Waals surface area (Å²) in [5.74, 6) is 1.66. The van der Waals surface area contributed by atoms with E-state index in [1.54, 1.807) is 12.1 Å². The van der Waals surface area contributed by atoms with Gasteiger partial charge in [-0.3, -0.25) is 4.79 Å². The predicted molar refractivity (Wildman–Crippen MR) is 149 cm³/mol. The smallest absolute Gasteiger partial charge is 0.227 e. The van der Waals surface area contributed by atoms with Gasteiger partial charge in [0.1, 0.15) is 11.6 Å². The van der Waals surface area contributed by atoms with Gasteiger partial charge in [-0.15, -0.1) is 0 Å². The molecule has 0 radical (unpaired) electrons. The van der Waals surface area contributed by atoms with E-state index in [1.807, 2.05) is 31.7 Å². The molecule has 38 heavy (non-hydrogen) atoms. The Balaban J connectivity index is 1.50. The van der Waals surface area contributed by atoms with Crippen molar-refractivity contribution in [1.29, 1.82) is 0 Å². The second-order valence-electron chi connectivity index (χ2n) is 10.9. The number of amides is 1. The Hall–Kier alpha value is -2.87. The van der Waals surface area contributed by atoms with Crippen LogP contribution in [0.4, 0.5) is 5.69 Å². The third kappa shape index (κ3) is 4.31. The summed E-state index contributed by atoms with van der Waals surface area (Å²) < 4.78 is 7.73. The summed E-state index contributed by atoms with van der Waals surface area (Å²) in [6.07, 6.45) is 4.19. The molecular weight excluding hydrogens is 523 g/mol. The van der Waals surface area contributed by atoms with Gasteiger partial charge in [-0.05, 0) is 88.8 Å². The Labute approximate surface area is 231 Å². The van der Waals surface area contributed by atoms with Crippen molar-refractivity contribution >= 4 is 45.8 Å². The Bertz CT molecular complexity index is 1530. The first kappa shape index (κ1) is 25.4. The minimum atomic E-state index is -0.654. The molecule has 2 fully saturated rings. The predicted octanol–water partition coefficient (Wildman–Crippen LogP) is 7.35. The number of aromatic nitrogens is 3. The zero-order valence-corrected chi connectivity index (χ0v) is 23.2. The maximum absolute atomic E-state index is 13.2. The fourth-order valence-corrected chi connectivity index (χ4v) is 6.45. The molecule has 9 heteroatoms. The van der Waals surface area contributed by atoms with E-state index in [0.717, 1.165) is 52.3 Å². The number of aliphatic hydroxyl groups is 1. The van der Waals surface area contributed by atoms with Crippen LogP contribution in [0.25, 0.3) is 22.2 Å². The first-order valence-electron chi connectivity index (χ1n) is 13.1. The molecule has 1 saturated carbocycles. The maximum Gasteiger partial charge on any atom is 0.227 e. The Morgan fingerprint density at radius 2 is 1.82 bits per heavy atom. The Kier molecular flexibility index (Phi) is 6.29. The van der Waals surface area contributed by atoms with Crippen LogP contribution in [0, 0.1) is 13.8 Å². The van der Waals surface area contributed by atoms with Gasteiger partial charge in [-0.25, -0.2) is 4.98 Å². The average Bonchev–Trinajstić information content (AvgIpc) is 3.55. The van der Waals surface area contributed by atoms with Gasteiger partial charge in [0.2, 0.25) is 5.91 Å². The number of aryl methyl sites for hydroxylation is 2. The fourth-order valence-electron chi connectivity index (χ4n) is 6.16. The average molecular weight is 553 g/mol. The lowest BCUT2D eigenvalue weighted by Gasteiger charge is -2.35. The minimum Gasteiger partial charge on any atom is -0.390 e. The molecule has 2 aromatic carbocycles. The van der Waals surface area contributed by atoms with Gasteiger partial charge in [0.05, 0.1) is 38.4 Å². The number of halogens is 2. The van der Waals surface area contributed by atoms with E-state index in [-0.39, 0.29) is 18.0 Å². The summed E-state index contributed by atoms with van der Waals surface area (Å²) in [6, 6.07) is 11.5. The summed E-state index contributed by atoms with van der Waals surface area (Å²) in [5.41, 5.74) is 4.76. The second-order valence-corrected chi connectivity index (χ2v) is 11.7. The number of fused-ring (bicyclic) bond motifs is 1. The first-order valence-corrected chi connectivity index (χ1v) is 13.8. The SMILES string of the molecule is Cc1noc(C)c1-c1ccc2c(c1)nc([C@@H]1CCC(=O)N1c1ccc(Cl)c(Cl)c1)n2[C@H]1CC[C@@](C)(O)CC1. The number of rotatable bonds is 4. The monoisotopic (exact) mass is 552 g/mol. The van der Waals surface area contributed by atoms with Crippen LogP contribution in [0.5, 0.6) is 0 Å². The normalized spacial score (nSPS) is 24.1. The molecule has 1 amide bonds. The minimum absolute atomic E-state index is 0.0370. The van der Waals surface area contributed by atoms with E-state index in [0.29, 0.717) is 41.4 Å². The van der Waals surface area contributed by atoms with Gasteiger partial charge < -0.3 is 19.1 Å². The number of carbonyl (C=O) groups excluding carboxylic acids is 1. The van der Waals surface area contributed by atoms with Crippen molar-refractivity contribution < 1.29 is 14.4 Å². The van der Waals surface area contributed by atoms with Crippen molar-refractivity contribution in [1.82, 2.24) is 14.7 Å². The summed E-state index contributed by atoms with van der Waals surface area (Å²) in [5, 5.41) is 15.6. The van der Waals surface area contributed by atoms with Gasteiger partial charge in [0.25, 0.3) is 0 Å². The third-order valence-electron chi connectivity index (χ3n) is 8.13. The van der Waals surface area contributed by atoms with Crippen LogP contribution in [0.2, 0.25) is 10.0 Å². The molecule has 1 atom stereocenters. The van der Waals surface area contributed by atoms with Gasteiger partial charge in [0.15, 0.2) is 0 Å². The van der Waals surface area contributed by atoms with Crippen molar-refractivity contribution in [2.75, 3.05) is 4.90 Å². The number of carbonyl (C=O) groups is 1. The van der Waals surface area contributed by atoms with Crippen LogP contribution in [0.3, 0.4) is 0 Å². The fraction of sp³-hybridized carbons (Fsp3) is 0.414. The van der Waals surface area contributed by atoms with Crippen LogP contribution < -0.4 is 4.90 Å². The lowest BCUT2D eigenvalue weighted by Crippen LogP contribution is -2.33. The summed E-state index contributed by atoms with van der Waals surface area (Å²) in [4.78, 5) is 20.2. The molecule has 4 aromatic rings. The molecule has 1 aliphatic heterocycles. The first-order chi connectivity index (χ1) is 18.1. The number of anilines is 1. The molecule has 7 nitrogen and oxygen atoms in total. The van der Waals surface area contributed by atoms with Crippen LogP contribution >= 0.6 is 23.2 Å². The van der Waals surface area contributed by atoms with Crippen molar-refractivity contribution in [3.8, 4) is 11.1 Å². The molecule has 3 heterocycles. The van der Waals surface area contributed by atoms with Crippen LogP contribution in [-0.2, 0) is 4.79 Å². The molecule has 6 rings (SSSR count). The van der Waals surface area contributed by atoms with Gasteiger partial charge in [-0.2, -0.15) is 0 Å². The summed E-state index contributed by atoms with van der Waals surface area (Å²) in [6.45, 7) is 5.76. The molecule has 0 unspecified atom stereocenters. The van der Waals surface area contributed by atoms with Gasteiger partial charge in [0, 0.05) is 23.7 Å². The zero-order valence-electron chi connectivity index (χ0n) is 21.7. The van der Waals surface area contributed by atoms with Crippen LogP contribution in [-0.4, -0.2) is 31.3 Å². The van der Waals surface area contributed by atoms with Crippen LogP contribution in [0.1, 0.15) is 74.8 Å². The Morgan fingerprint density at radius 1 is 1.05 bits per heavy atom. The highest BCUT2D eigenvalue weighted by Crippen LogP contribution is 2.44. The largest absolute Gasteiger partial charge is 0.390 e. The van der Waals surface area contributed by atoms with E-state index in [9.17, 15) is 9.90 Å². The highest BCUT2D eigenvalue weighted by molar-refractivity contribution is 6.42. The maximum atomic E-state index is 13.2. The molecule has 1 aliphatic carbocycles. The lowest BCUT2D eigenvalue weighted by molar-refractivity contribution is -0.117. The number of benzene rings is 2. The molecule has 1 saturated heterocycles. The van der Waals surface area contributed by atoms with Crippen LogP contribution in [0.15, 0.2) is 40.9 Å². The van der Waals surface area contributed by atoms with Crippen molar-refractivity contribution in [3.05, 3.63) is 63.7 Å². The van der Waals surface area contributed by atoms with E-state index in [1.165, 1.54) is 0 Å². The number of hydrogen-bond donors (Lipinski definition) is 1. The van der Waals surface area contributed by atoms with Gasteiger partial charge >= 0.3 is 0 Å². The van der Waals surface area contributed by atoms with Gasteiger partial charge in [-0.1, -0.05) is 34.4 Å². The standard InChI is InChI=1S/C29H30Cl2N4O3/c1-16-27(17(2)38-33-16)18-4-7-24-23(14-18)32-28(35(24)19-10-12-29(3,37)13-11-19)25-8-9-26(36)34(25)20-5-6-21(30)22(31)15-20/h4-7,14-15,19,25,37H,8-13H2,1-3H3/t19-,25-,29+/m0/s1. The van der Waals surface area contributed by atoms with E-state index in [4.69, 9.17) is 32.7 Å². The third-order valence-corrected chi connectivity index (χ3v) is 8.87. The molecule has 2 aliphatic rings. The van der Waals surface area contributed by atoms with Crippen molar-refractivity contribution in [3.63, 3.8) is 0 Å². The number of imidazole rings is 1. The second kappa shape index (κ2) is 9.40. The number of nitrogens with zero attached hydrogens (tertiary/aromatic N) is 4. The molecular formula is C29H30Cl2N4O3. The zero-order chi connectivity index (χ0) is 26.8. The molecule has 0 spiro atoms. The van der Waals surface area contributed by atoms with E-state index < -0.39 is 5.60 Å². The molecule has 198 valence electrons. The van der Waals surface area contributed by atoms with Crippen molar-refractivity contribution in [2.24, 2.45) is 0 Å². The number of hydrogen-bond acceptors (Lipinski definition) is 5. The summed E-state index contributed by atoms with van der Waals surface area (Å²) in [7, 11) is 0. The molecule has 0 bridgehead atoms. The van der Waals surface area contributed by atoms with Crippen molar-refractivity contribution in [2.45, 2.75) is 77.0 Å².